The molecule has 1 heterocycles. The first kappa shape index (κ1) is 19.4. The quantitative estimate of drug-likeness (QED) is 0.458. The van der Waals surface area contributed by atoms with E-state index < -0.39 is 6.04 Å². The molecule has 0 saturated heterocycles. The maximum atomic E-state index is 14.9. The summed E-state index contributed by atoms with van der Waals surface area (Å²) in [7, 11) is 0. The van der Waals surface area contributed by atoms with Crippen LogP contribution in [0.1, 0.15) is 35.3 Å². The molecule has 0 fully saturated rings. The molecule has 148 valence electrons. The molecule has 3 aromatic carbocycles. The van der Waals surface area contributed by atoms with Gasteiger partial charge in [-0.3, -0.25) is 0 Å². The van der Waals surface area contributed by atoms with Crippen LogP contribution in [-0.2, 0) is 6.42 Å². The zero-order chi connectivity index (χ0) is 20.9. The highest BCUT2D eigenvalue weighted by atomic mass is 19.1. The largest absolute Gasteiger partial charge is 0.373 e. The van der Waals surface area contributed by atoms with Gasteiger partial charge >= 0.3 is 0 Å². The third-order valence-electron chi connectivity index (χ3n) is 5.03. The minimum absolute atomic E-state index is 0.285. The summed E-state index contributed by atoms with van der Waals surface area (Å²) in [4.78, 5) is 0. The zero-order valence-corrected chi connectivity index (χ0v) is 16.6. The van der Waals surface area contributed by atoms with Crippen molar-refractivity contribution in [3.05, 3.63) is 113 Å². The zero-order valence-electron chi connectivity index (χ0n) is 16.6. The number of benzene rings is 3. The van der Waals surface area contributed by atoms with Gasteiger partial charge in [0, 0.05) is 17.4 Å². The molecule has 1 N–H and O–H groups in total. The Hall–Kier alpha value is -3.91. The molecule has 0 bridgehead atoms. The number of para-hydroxylation sites is 1. The van der Waals surface area contributed by atoms with Gasteiger partial charge in [-0.25, -0.2) is 9.07 Å². The average molecular weight is 396 g/mol. The van der Waals surface area contributed by atoms with Gasteiger partial charge in [0.2, 0.25) is 0 Å². The summed E-state index contributed by atoms with van der Waals surface area (Å²) in [5.74, 6) is -0.285. The van der Waals surface area contributed by atoms with Crippen LogP contribution >= 0.6 is 0 Å². The highest BCUT2D eigenvalue weighted by Gasteiger charge is 2.21. The second kappa shape index (κ2) is 8.62. The first-order chi connectivity index (χ1) is 14.7. The van der Waals surface area contributed by atoms with E-state index >= 15 is 0 Å². The molecule has 4 aromatic rings. The Morgan fingerprint density at radius 2 is 1.80 bits per heavy atom. The minimum Gasteiger partial charge on any atom is -0.373 e. The van der Waals surface area contributed by atoms with Crippen molar-refractivity contribution >= 4 is 5.69 Å². The summed E-state index contributed by atoms with van der Waals surface area (Å²) in [5.41, 5.74) is 4.59. The molecule has 0 radical (unpaired) electrons. The SMILES string of the molecule is CCc1ccc(F)c(C(Nc2ccc(C#N)cc2)c2ccn(-c3ccccc3)n2)c1. The lowest BCUT2D eigenvalue weighted by Gasteiger charge is -2.20. The van der Waals surface area contributed by atoms with Crippen LogP contribution in [0.25, 0.3) is 5.69 Å². The molecule has 0 amide bonds. The third-order valence-corrected chi connectivity index (χ3v) is 5.03. The maximum Gasteiger partial charge on any atom is 0.128 e. The van der Waals surface area contributed by atoms with Crippen molar-refractivity contribution in [2.75, 3.05) is 5.32 Å². The van der Waals surface area contributed by atoms with Crippen LogP contribution in [0.4, 0.5) is 10.1 Å². The highest BCUT2D eigenvalue weighted by molar-refractivity contribution is 5.51. The number of nitriles is 1. The van der Waals surface area contributed by atoms with E-state index in [0.717, 1.165) is 23.4 Å². The van der Waals surface area contributed by atoms with Crippen molar-refractivity contribution in [3.8, 4) is 11.8 Å². The molecule has 0 aliphatic rings. The van der Waals surface area contributed by atoms with E-state index in [4.69, 9.17) is 10.4 Å². The van der Waals surface area contributed by atoms with Gasteiger partial charge in [0.1, 0.15) is 5.82 Å². The predicted octanol–water partition coefficient (Wildman–Crippen LogP) is 5.65. The highest BCUT2D eigenvalue weighted by Crippen LogP contribution is 2.29. The van der Waals surface area contributed by atoms with Crippen molar-refractivity contribution < 1.29 is 4.39 Å². The van der Waals surface area contributed by atoms with Crippen molar-refractivity contribution in [2.45, 2.75) is 19.4 Å². The van der Waals surface area contributed by atoms with Gasteiger partial charge in [-0.15, -0.1) is 0 Å². The number of aromatic nitrogens is 2. The summed E-state index contributed by atoms with van der Waals surface area (Å²) in [6.45, 7) is 2.05. The second-order valence-corrected chi connectivity index (χ2v) is 7.00. The Morgan fingerprint density at radius 3 is 2.50 bits per heavy atom. The van der Waals surface area contributed by atoms with E-state index in [-0.39, 0.29) is 5.82 Å². The molecule has 0 aliphatic carbocycles. The van der Waals surface area contributed by atoms with Gasteiger partial charge in [-0.1, -0.05) is 37.3 Å². The topological polar surface area (TPSA) is 53.6 Å². The smallest absolute Gasteiger partial charge is 0.128 e. The Kier molecular flexibility index (Phi) is 5.58. The number of anilines is 1. The molecule has 1 unspecified atom stereocenters. The summed E-state index contributed by atoms with van der Waals surface area (Å²) in [6, 6.07) is 25.6. The lowest BCUT2D eigenvalue weighted by atomic mass is 9.99. The van der Waals surface area contributed by atoms with Gasteiger partial charge in [0.05, 0.1) is 29.1 Å². The molecule has 4 nitrogen and oxygen atoms in total. The number of rotatable bonds is 6. The van der Waals surface area contributed by atoms with Crippen molar-refractivity contribution in [2.24, 2.45) is 0 Å². The molecular weight excluding hydrogens is 375 g/mol. The fraction of sp³-hybridized carbons (Fsp3) is 0.120. The fourth-order valence-electron chi connectivity index (χ4n) is 3.37. The Balaban J connectivity index is 1.76. The molecular formula is C25H21FN4. The Bertz CT molecular complexity index is 1170. The molecule has 0 spiro atoms. The van der Waals surface area contributed by atoms with Crippen LogP contribution in [-0.4, -0.2) is 9.78 Å². The molecule has 0 saturated carbocycles. The van der Waals surface area contributed by atoms with Gasteiger partial charge in [-0.05, 0) is 60.5 Å². The molecule has 0 aliphatic heterocycles. The van der Waals surface area contributed by atoms with E-state index in [1.54, 1.807) is 22.9 Å². The van der Waals surface area contributed by atoms with Gasteiger partial charge in [-0.2, -0.15) is 10.4 Å². The number of nitrogens with one attached hydrogen (secondary N) is 1. The monoisotopic (exact) mass is 396 g/mol. The average Bonchev–Trinajstić information content (AvgIpc) is 3.29. The van der Waals surface area contributed by atoms with Crippen LogP contribution in [0.3, 0.4) is 0 Å². The number of halogens is 1. The fourth-order valence-corrected chi connectivity index (χ4v) is 3.37. The molecule has 30 heavy (non-hydrogen) atoms. The van der Waals surface area contributed by atoms with Gasteiger partial charge in [0.15, 0.2) is 0 Å². The van der Waals surface area contributed by atoms with E-state index in [1.807, 2.05) is 67.7 Å². The molecule has 4 rings (SSSR count). The van der Waals surface area contributed by atoms with Crippen molar-refractivity contribution in [1.29, 1.82) is 5.26 Å². The Morgan fingerprint density at radius 1 is 1.03 bits per heavy atom. The van der Waals surface area contributed by atoms with Crippen molar-refractivity contribution in [3.63, 3.8) is 0 Å². The lowest BCUT2D eigenvalue weighted by molar-refractivity contribution is 0.600. The van der Waals surface area contributed by atoms with E-state index in [9.17, 15) is 4.39 Å². The van der Waals surface area contributed by atoms with Crippen LogP contribution in [0.2, 0.25) is 0 Å². The molecule has 5 heteroatoms. The summed E-state index contributed by atoms with van der Waals surface area (Å²) < 4.78 is 16.7. The maximum absolute atomic E-state index is 14.9. The molecule has 1 atom stereocenters. The first-order valence-electron chi connectivity index (χ1n) is 9.84. The Labute approximate surface area is 175 Å². The number of hydrogen-bond acceptors (Lipinski definition) is 3. The minimum atomic E-state index is -0.477. The summed E-state index contributed by atoms with van der Waals surface area (Å²) in [6.07, 6.45) is 2.69. The summed E-state index contributed by atoms with van der Waals surface area (Å²) in [5, 5.41) is 17.2. The van der Waals surface area contributed by atoms with Gasteiger partial charge in [0.25, 0.3) is 0 Å². The normalized spacial score (nSPS) is 11.6. The second-order valence-electron chi connectivity index (χ2n) is 7.00. The molecule has 1 aromatic heterocycles. The number of hydrogen-bond donors (Lipinski definition) is 1. The van der Waals surface area contributed by atoms with E-state index in [0.29, 0.717) is 16.8 Å². The van der Waals surface area contributed by atoms with Crippen LogP contribution in [0.5, 0.6) is 0 Å². The number of aryl methyl sites for hydroxylation is 1. The predicted molar refractivity (Wildman–Crippen MR) is 116 cm³/mol. The third kappa shape index (κ3) is 4.08. The van der Waals surface area contributed by atoms with E-state index in [2.05, 4.69) is 11.4 Å². The van der Waals surface area contributed by atoms with Crippen LogP contribution in [0.15, 0.2) is 85.1 Å². The van der Waals surface area contributed by atoms with E-state index in [1.165, 1.54) is 6.07 Å². The van der Waals surface area contributed by atoms with Crippen molar-refractivity contribution in [1.82, 2.24) is 9.78 Å². The first-order valence-corrected chi connectivity index (χ1v) is 9.84. The summed E-state index contributed by atoms with van der Waals surface area (Å²) >= 11 is 0. The standard InChI is InChI=1S/C25H21FN4/c1-2-18-10-13-23(26)22(16-18)25(28-20-11-8-19(17-27)9-12-20)24-14-15-30(29-24)21-6-4-3-5-7-21/h3-16,25,28H,2H2,1H3. The van der Waals surface area contributed by atoms with Crippen LogP contribution < -0.4 is 5.32 Å². The number of nitrogens with zero attached hydrogens (tertiary/aromatic N) is 3. The lowest BCUT2D eigenvalue weighted by Crippen LogP contribution is -2.15. The van der Waals surface area contributed by atoms with Gasteiger partial charge < -0.3 is 5.32 Å². The van der Waals surface area contributed by atoms with Crippen LogP contribution in [0, 0.1) is 17.1 Å².